The molecule has 2 heterocycles. The van der Waals surface area contributed by atoms with Gasteiger partial charge in [-0.2, -0.15) is 0 Å². The second kappa shape index (κ2) is 10.3. The molecule has 4 aromatic rings. The van der Waals surface area contributed by atoms with Crippen LogP contribution in [0.15, 0.2) is 66.7 Å². The van der Waals surface area contributed by atoms with Crippen LogP contribution in [0, 0.1) is 0 Å². The van der Waals surface area contributed by atoms with E-state index in [9.17, 15) is 4.79 Å². The Kier molecular flexibility index (Phi) is 6.83. The number of ether oxygens (including phenoxy) is 3. The third-order valence-corrected chi connectivity index (χ3v) is 6.63. The number of carbonyl (C=O) groups is 1. The third kappa shape index (κ3) is 5.55. The molecule has 1 N–H and O–H groups in total. The number of amides is 1. The topological polar surface area (TPSA) is 72.9 Å². The zero-order chi connectivity index (χ0) is 24.2. The summed E-state index contributed by atoms with van der Waals surface area (Å²) in [7, 11) is 4.01. The fourth-order valence-corrected chi connectivity index (χ4v) is 4.86. The van der Waals surface area contributed by atoms with Crippen molar-refractivity contribution in [3.8, 4) is 27.8 Å². The van der Waals surface area contributed by atoms with Crippen LogP contribution in [-0.4, -0.2) is 55.7 Å². The molecule has 1 aliphatic rings. The van der Waals surface area contributed by atoms with Crippen molar-refractivity contribution in [1.82, 2.24) is 15.2 Å². The molecule has 1 aliphatic heterocycles. The van der Waals surface area contributed by atoms with E-state index in [1.165, 1.54) is 0 Å². The van der Waals surface area contributed by atoms with Gasteiger partial charge in [0.1, 0.15) is 23.5 Å². The Morgan fingerprint density at radius 3 is 2.74 bits per heavy atom. The quantitative estimate of drug-likeness (QED) is 0.397. The van der Waals surface area contributed by atoms with Gasteiger partial charge >= 0.3 is 0 Å². The summed E-state index contributed by atoms with van der Waals surface area (Å²) < 4.78 is 18.7. The van der Waals surface area contributed by atoms with Gasteiger partial charge in [0.2, 0.25) is 0 Å². The molecule has 0 bridgehead atoms. The Hall–Kier alpha value is -3.62. The highest BCUT2D eigenvalue weighted by atomic mass is 32.1. The number of thiazole rings is 1. The van der Waals surface area contributed by atoms with Crippen molar-refractivity contribution >= 4 is 27.5 Å². The molecular formula is C27H27N3O4S. The number of aromatic nitrogens is 1. The van der Waals surface area contributed by atoms with E-state index in [0.717, 1.165) is 32.1 Å². The average Bonchev–Trinajstić information content (AvgIpc) is 3.30. The van der Waals surface area contributed by atoms with Crippen LogP contribution in [0.4, 0.5) is 0 Å². The lowest BCUT2D eigenvalue weighted by atomic mass is 10.1. The molecule has 180 valence electrons. The molecule has 8 heteroatoms. The fourth-order valence-electron chi connectivity index (χ4n) is 3.90. The highest BCUT2D eigenvalue weighted by molar-refractivity contribution is 7.21. The highest BCUT2D eigenvalue weighted by Crippen LogP contribution is 2.33. The van der Waals surface area contributed by atoms with Crippen LogP contribution >= 0.6 is 11.3 Å². The maximum Gasteiger partial charge on any atom is 0.258 e. The van der Waals surface area contributed by atoms with Crippen LogP contribution in [0.25, 0.3) is 20.8 Å². The second-order valence-electron chi connectivity index (χ2n) is 8.64. The number of nitrogens with zero attached hydrogens (tertiary/aromatic N) is 2. The molecule has 1 atom stereocenters. The highest BCUT2D eigenvalue weighted by Gasteiger charge is 2.21. The maximum atomic E-state index is 12.5. The van der Waals surface area contributed by atoms with Crippen molar-refractivity contribution < 1.29 is 19.0 Å². The molecular weight excluding hydrogens is 462 g/mol. The smallest absolute Gasteiger partial charge is 0.258 e. The summed E-state index contributed by atoms with van der Waals surface area (Å²) in [5.41, 5.74) is 3.03. The zero-order valence-electron chi connectivity index (χ0n) is 19.7. The van der Waals surface area contributed by atoms with Gasteiger partial charge in [-0.1, -0.05) is 24.3 Å². The second-order valence-corrected chi connectivity index (χ2v) is 9.67. The number of rotatable bonds is 8. The lowest BCUT2D eigenvalue weighted by Crippen LogP contribution is -2.42. The molecule has 0 aliphatic carbocycles. The molecule has 0 saturated heterocycles. The minimum atomic E-state index is -0.244. The van der Waals surface area contributed by atoms with Crippen molar-refractivity contribution in [3.05, 3.63) is 72.3 Å². The van der Waals surface area contributed by atoms with Gasteiger partial charge < -0.3 is 24.4 Å². The summed E-state index contributed by atoms with van der Waals surface area (Å²) in [6.45, 7) is 1.34. The molecule has 1 aromatic heterocycles. The average molecular weight is 490 g/mol. The minimum Gasteiger partial charge on any atom is -0.486 e. The number of carbonyl (C=O) groups excluding carboxylic acids is 1. The first-order valence-electron chi connectivity index (χ1n) is 11.5. The molecule has 3 aromatic carbocycles. The Morgan fingerprint density at radius 2 is 1.91 bits per heavy atom. The number of benzene rings is 3. The molecule has 0 radical (unpaired) electrons. The molecule has 0 spiro atoms. The van der Waals surface area contributed by atoms with Gasteiger partial charge in [0.15, 0.2) is 18.1 Å². The van der Waals surface area contributed by atoms with E-state index in [1.807, 2.05) is 68.7 Å². The lowest BCUT2D eigenvalue weighted by molar-refractivity contribution is -0.123. The molecule has 5 rings (SSSR count). The van der Waals surface area contributed by atoms with E-state index in [4.69, 9.17) is 19.2 Å². The van der Waals surface area contributed by atoms with Crippen molar-refractivity contribution in [2.45, 2.75) is 12.6 Å². The largest absolute Gasteiger partial charge is 0.486 e. The fraction of sp³-hybridized carbons (Fsp3) is 0.259. The van der Waals surface area contributed by atoms with E-state index in [2.05, 4.69) is 22.3 Å². The summed E-state index contributed by atoms with van der Waals surface area (Å²) >= 11 is 1.67. The maximum absolute atomic E-state index is 12.5. The van der Waals surface area contributed by atoms with Crippen molar-refractivity contribution in [2.75, 3.05) is 33.9 Å². The monoisotopic (exact) mass is 489 g/mol. The van der Waals surface area contributed by atoms with E-state index in [0.29, 0.717) is 31.2 Å². The van der Waals surface area contributed by atoms with Crippen molar-refractivity contribution in [1.29, 1.82) is 0 Å². The summed E-state index contributed by atoms with van der Waals surface area (Å²) in [4.78, 5) is 19.3. The van der Waals surface area contributed by atoms with E-state index in [1.54, 1.807) is 11.3 Å². The van der Waals surface area contributed by atoms with E-state index >= 15 is 0 Å². The third-order valence-electron chi connectivity index (χ3n) is 5.54. The minimum absolute atomic E-state index is 0.0783. The Labute approximate surface area is 208 Å². The van der Waals surface area contributed by atoms with Gasteiger partial charge in [-0.3, -0.25) is 4.79 Å². The zero-order valence-corrected chi connectivity index (χ0v) is 20.5. The Bertz CT molecular complexity index is 1300. The summed E-state index contributed by atoms with van der Waals surface area (Å²) in [5, 5.41) is 3.84. The number of hydrogen-bond donors (Lipinski definition) is 1. The molecule has 0 fully saturated rings. The predicted octanol–water partition coefficient (Wildman–Crippen LogP) is 4.36. The molecule has 0 saturated carbocycles. The molecule has 1 unspecified atom stereocenters. The number of fused-ring (bicyclic) bond motifs is 2. The standard InChI is InChI=1S/C27H27N3O4S/c1-30(2)15-19-13-18(27-29-21-7-3-6-10-25(21)35-27)11-12-22(19)33-17-26(31)28-14-20-16-32-23-8-4-5-9-24(23)34-20/h3-13,20H,14-17H2,1-2H3,(H,28,31). The van der Waals surface area contributed by atoms with Crippen LogP contribution < -0.4 is 19.5 Å². The van der Waals surface area contributed by atoms with Crippen LogP contribution in [0.5, 0.6) is 17.2 Å². The van der Waals surface area contributed by atoms with Gasteiger partial charge in [0, 0.05) is 17.7 Å². The van der Waals surface area contributed by atoms with Crippen LogP contribution in [0.1, 0.15) is 5.56 Å². The summed E-state index contributed by atoms with van der Waals surface area (Å²) in [5.74, 6) is 1.89. The van der Waals surface area contributed by atoms with Crippen molar-refractivity contribution in [2.24, 2.45) is 0 Å². The van der Waals surface area contributed by atoms with Crippen LogP contribution in [0.3, 0.4) is 0 Å². The first-order chi connectivity index (χ1) is 17.0. The molecule has 7 nitrogen and oxygen atoms in total. The number of nitrogens with one attached hydrogen (secondary N) is 1. The normalized spacial score (nSPS) is 14.8. The first kappa shape index (κ1) is 23.1. The van der Waals surface area contributed by atoms with Gasteiger partial charge in [0.05, 0.1) is 16.8 Å². The SMILES string of the molecule is CN(C)Cc1cc(-c2nc3ccccc3s2)ccc1OCC(=O)NCC1COc2ccccc2O1. The van der Waals surface area contributed by atoms with E-state index in [-0.39, 0.29) is 18.6 Å². The van der Waals surface area contributed by atoms with E-state index < -0.39 is 0 Å². The summed E-state index contributed by atoms with van der Waals surface area (Å²) in [6.07, 6.45) is -0.244. The van der Waals surface area contributed by atoms with Gasteiger partial charge in [-0.15, -0.1) is 11.3 Å². The summed E-state index contributed by atoms with van der Waals surface area (Å²) in [6, 6.07) is 21.6. The number of hydrogen-bond acceptors (Lipinski definition) is 7. The molecule has 1 amide bonds. The molecule has 35 heavy (non-hydrogen) atoms. The first-order valence-corrected chi connectivity index (χ1v) is 12.3. The van der Waals surface area contributed by atoms with Gasteiger partial charge in [-0.25, -0.2) is 4.98 Å². The van der Waals surface area contributed by atoms with Gasteiger partial charge in [0.25, 0.3) is 5.91 Å². The van der Waals surface area contributed by atoms with Crippen molar-refractivity contribution in [3.63, 3.8) is 0 Å². The van der Waals surface area contributed by atoms with Crippen LogP contribution in [-0.2, 0) is 11.3 Å². The number of para-hydroxylation sites is 3. The Morgan fingerprint density at radius 1 is 1.11 bits per heavy atom. The lowest BCUT2D eigenvalue weighted by Gasteiger charge is -2.26. The predicted molar refractivity (Wildman–Crippen MR) is 137 cm³/mol. The van der Waals surface area contributed by atoms with Gasteiger partial charge in [-0.05, 0) is 56.6 Å². The Balaban J connectivity index is 1.21. The van der Waals surface area contributed by atoms with Crippen LogP contribution in [0.2, 0.25) is 0 Å².